The van der Waals surface area contributed by atoms with Crippen LogP contribution in [0.5, 0.6) is 0 Å². The first-order chi connectivity index (χ1) is 9.66. The Morgan fingerprint density at radius 3 is 2.80 bits per heavy atom. The van der Waals surface area contributed by atoms with E-state index in [4.69, 9.17) is 17.3 Å². The lowest BCUT2D eigenvalue weighted by atomic mass is 10.1. The first-order valence-electron chi connectivity index (χ1n) is 6.50. The largest absolute Gasteiger partial charge is 0.328 e. The van der Waals surface area contributed by atoms with Gasteiger partial charge in [0, 0.05) is 11.1 Å². The number of nitrogens with two attached hydrogens (primary N) is 1. The Morgan fingerprint density at radius 2 is 2.00 bits per heavy atom. The van der Waals surface area contributed by atoms with Gasteiger partial charge >= 0.3 is 0 Å². The molecule has 0 amide bonds. The molecule has 1 unspecified atom stereocenters. The number of benzene rings is 2. The molecule has 2 N–H and O–H groups in total. The van der Waals surface area contributed by atoms with E-state index in [9.17, 15) is 0 Å². The quantitative estimate of drug-likeness (QED) is 0.805. The summed E-state index contributed by atoms with van der Waals surface area (Å²) in [7, 11) is 0. The minimum Gasteiger partial charge on any atom is -0.328 e. The second-order valence-corrected chi connectivity index (χ2v) is 5.32. The van der Waals surface area contributed by atoms with Crippen LogP contribution in [0.1, 0.15) is 12.5 Å². The smallest absolute Gasteiger partial charge is 0.113 e. The average molecular weight is 287 g/mol. The van der Waals surface area contributed by atoms with Gasteiger partial charge in [0.05, 0.1) is 11.2 Å². The van der Waals surface area contributed by atoms with Gasteiger partial charge in [-0.05, 0) is 43.2 Å². The molecule has 0 saturated carbocycles. The number of halogens is 1. The summed E-state index contributed by atoms with van der Waals surface area (Å²) < 4.78 is 1.82. The molecule has 0 aliphatic rings. The summed E-state index contributed by atoms with van der Waals surface area (Å²) in [5, 5.41) is 9.13. The highest BCUT2D eigenvalue weighted by molar-refractivity contribution is 6.31. The third-order valence-corrected chi connectivity index (χ3v) is 3.55. The van der Waals surface area contributed by atoms with E-state index < -0.39 is 0 Å². The summed E-state index contributed by atoms with van der Waals surface area (Å²) in [5.41, 5.74) is 9.68. The van der Waals surface area contributed by atoms with Crippen molar-refractivity contribution in [1.82, 2.24) is 15.0 Å². The van der Waals surface area contributed by atoms with Crippen LogP contribution in [0.2, 0.25) is 5.02 Å². The van der Waals surface area contributed by atoms with Gasteiger partial charge in [-0.15, -0.1) is 5.10 Å². The van der Waals surface area contributed by atoms with Crippen molar-refractivity contribution < 1.29 is 0 Å². The van der Waals surface area contributed by atoms with Crippen LogP contribution in [0, 0.1) is 0 Å². The maximum absolute atomic E-state index is 6.32. The van der Waals surface area contributed by atoms with Gasteiger partial charge in [0.2, 0.25) is 0 Å². The van der Waals surface area contributed by atoms with Gasteiger partial charge in [-0.2, -0.15) is 0 Å². The van der Waals surface area contributed by atoms with E-state index in [1.807, 2.05) is 54.1 Å². The van der Waals surface area contributed by atoms with Gasteiger partial charge in [-0.1, -0.05) is 35.0 Å². The first kappa shape index (κ1) is 13.1. The van der Waals surface area contributed by atoms with Crippen LogP contribution in [-0.4, -0.2) is 21.0 Å². The molecule has 2 aromatic carbocycles. The van der Waals surface area contributed by atoms with Crippen LogP contribution in [-0.2, 0) is 6.42 Å². The van der Waals surface area contributed by atoms with Crippen molar-refractivity contribution in [3.05, 3.63) is 53.1 Å². The molecule has 0 bridgehead atoms. The van der Waals surface area contributed by atoms with Crippen LogP contribution in [0.3, 0.4) is 0 Å². The fraction of sp³-hybridized carbons (Fsp3) is 0.200. The molecule has 0 fully saturated rings. The molecule has 3 aromatic rings. The molecule has 20 heavy (non-hydrogen) atoms. The Kier molecular flexibility index (Phi) is 3.42. The SMILES string of the molecule is CC(N)Cc1c(Cl)cccc1-n1nnc2ccccc21. The zero-order chi connectivity index (χ0) is 14.1. The van der Waals surface area contributed by atoms with Crippen molar-refractivity contribution >= 4 is 22.6 Å². The molecule has 5 heteroatoms. The Balaban J connectivity index is 2.21. The molecule has 0 radical (unpaired) electrons. The average Bonchev–Trinajstić information content (AvgIpc) is 2.84. The molecule has 0 aliphatic carbocycles. The van der Waals surface area contributed by atoms with Crippen molar-refractivity contribution in [3.63, 3.8) is 0 Å². The standard InChI is InChI=1S/C15H15ClN4/c1-10(17)9-11-12(16)5-4-8-14(11)20-15-7-3-2-6-13(15)18-19-20/h2-8,10H,9,17H2,1H3. The maximum Gasteiger partial charge on any atom is 0.113 e. The monoisotopic (exact) mass is 286 g/mol. The molecule has 3 rings (SSSR count). The lowest BCUT2D eigenvalue weighted by Gasteiger charge is -2.13. The second kappa shape index (κ2) is 5.23. The molecular weight excluding hydrogens is 272 g/mol. The Bertz CT molecular complexity index is 748. The minimum absolute atomic E-state index is 0.0310. The van der Waals surface area contributed by atoms with Gasteiger partial charge in [0.25, 0.3) is 0 Å². The summed E-state index contributed by atoms with van der Waals surface area (Å²) in [6, 6.07) is 13.7. The van der Waals surface area contributed by atoms with E-state index in [1.54, 1.807) is 0 Å². The summed E-state index contributed by atoms with van der Waals surface area (Å²) >= 11 is 6.32. The second-order valence-electron chi connectivity index (χ2n) is 4.91. The topological polar surface area (TPSA) is 56.7 Å². The number of hydrogen-bond donors (Lipinski definition) is 1. The zero-order valence-electron chi connectivity index (χ0n) is 11.1. The highest BCUT2D eigenvalue weighted by Crippen LogP contribution is 2.26. The third kappa shape index (κ3) is 2.28. The number of para-hydroxylation sites is 1. The minimum atomic E-state index is 0.0310. The van der Waals surface area contributed by atoms with Crippen molar-refractivity contribution in [1.29, 1.82) is 0 Å². The zero-order valence-corrected chi connectivity index (χ0v) is 11.9. The molecule has 0 saturated heterocycles. The highest BCUT2D eigenvalue weighted by Gasteiger charge is 2.14. The van der Waals surface area contributed by atoms with Crippen LogP contribution in [0.15, 0.2) is 42.5 Å². The van der Waals surface area contributed by atoms with Gasteiger partial charge in [0.15, 0.2) is 0 Å². The van der Waals surface area contributed by atoms with E-state index in [-0.39, 0.29) is 6.04 Å². The molecule has 102 valence electrons. The number of nitrogens with zero attached hydrogens (tertiary/aromatic N) is 3. The van der Waals surface area contributed by atoms with E-state index in [2.05, 4.69) is 10.3 Å². The fourth-order valence-corrected chi connectivity index (χ4v) is 2.56. The van der Waals surface area contributed by atoms with Gasteiger partial charge in [0.1, 0.15) is 5.52 Å². The Hall–Kier alpha value is -1.91. The third-order valence-electron chi connectivity index (χ3n) is 3.20. The Labute approximate surface area is 122 Å². The normalized spacial score (nSPS) is 12.8. The van der Waals surface area contributed by atoms with Crippen LogP contribution < -0.4 is 5.73 Å². The summed E-state index contributed by atoms with van der Waals surface area (Å²) in [5.74, 6) is 0. The summed E-state index contributed by atoms with van der Waals surface area (Å²) in [6.45, 7) is 1.96. The van der Waals surface area contributed by atoms with Gasteiger partial charge < -0.3 is 5.73 Å². The lowest BCUT2D eigenvalue weighted by Crippen LogP contribution is -2.19. The molecule has 0 aliphatic heterocycles. The number of hydrogen-bond acceptors (Lipinski definition) is 3. The van der Waals surface area contributed by atoms with Crippen molar-refractivity contribution in [2.45, 2.75) is 19.4 Å². The first-order valence-corrected chi connectivity index (χ1v) is 6.88. The highest BCUT2D eigenvalue weighted by atomic mass is 35.5. The maximum atomic E-state index is 6.32. The van der Waals surface area contributed by atoms with E-state index in [1.165, 1.54) is 0 Å². The van der Waals surface area contributed by atoms with Gasteiger partial charge in [-0.25, -0.2) is 4.68 Å². The van der Waals surface area contributed by atoms with Crippen molar-refractivity contribution in [2.75, 3.05) is 0 Å². The van der Waals surface area contributed by atoms with E-state index in [0.717, 1.165) is 22.3 Å². The fourth-order valence-electron chi connectivity index (χ4n) is 2.32. The van der Waals surface area contributed by atoms with Crippen molar-refractivity contribution in [3.8, 4) is 5.69 Å². The molecule has 1 atom stereocenters. The van der Waals surface area contributed by atoms with Crippen LogP contribution >= 0.6 is 11.6 Å². The summed E-state index contributed by atoms with van der Waals surface area (Å²) in [6.07, 6.45) is 0.698. The summed E-state index contributed by atoms with van der Waals surface area (Å²) in [4.78, 5) is 0. The number of aromatic nitrogens is 3. The molecular formula is C15H15ClN4. The predicted molar refractivity (Wildman–Crippen MR) is 81.2 cm³/mol. The molecule has 0 spiro atoms. The molecule has 1 heterocycles. The number of fused-ring (bicyclic) bond motifs is 1. The van der Waals surface area contributed by atoms with Crippen LogP contribution in [0.4, 0.5) is 0 Å². The number of rotatable bonds is 3. The molecule has 1 aromatic heterocycles. The predicted octanol–water partition coefficient (Wildman–Crippen LogP) is 2.96. The van der Waals surface area contributed by atoms with E-state index in [0.29, 0.717) is 11.4 Å². The van der Waals surface area contributed by atoms with Crippen molar-refractivity contribution in [2.24, 2.45) is 5.73 Å². The van der Waals surface area contributed by atoms with E-state index >= 15 is 0 Å². The van der Waals surface area contributed by atoms with Crippen LogP contribution in [0.25, 0.3) is 16.7 Å². The Morgan fingerprint density at radius 1 is 1.20 bits per heavy atom. The molecule has 4 nitrogen and oxygen atoms in total. The van der Waals surface area contributed by atoms with Gasteiger partial charge in [-0.3, -0.25) is 0 Å². The lowest BCUT2D eigenvalue weighted by molar-refractivity contribution is 0.725.